The van der Waals surface area contributed by atoms with Gasteiger partial charge in [0.05, 0.1) is 24.4 Å². The van der Waals surface area contributed by atoms with Crippen molar-refractivity contribution in [2.45, 2.75) is 63.5 Å². The summed E-state index contributed by atoms with van der Waals surface area (Å²) in [6.45, 7) is 1.08. The number of aryl methyl sites for hydroxylation is 1. The Morgan fingerprint density at radius 3 is 2.52 bits per heavy atom. The van der Waals surface area contributed by atoms with Crippen molar-refractivity contribution in [3.05, 3.63) is 35.9 Å². The lowest BCUT2D eigenvalue weighted by Crippen LogP contribution is -2.50. The number of carboxylic acid groups (broad SMARTS) is 1. The van der Waals surface area contributed by atoms with Crippen molar-refractivity contribution >= 4 is 17.7 Å². The zero-order chi connectivity index (χ0) is 21.2. The monoisotopic (exact) mass is 403 g/mol. The Balaban J connectivity index is 1.99. The van der Waals surface area contributed by atoms with Gasteiger partial charge in [0, 0.05) is 13.0 Å². The number of Topliss-reactive ketones (excluding diaryl/α,β-unsaturated/α-hetero) is 1. The Morgan fingerprint density at radius 1 is 1.14 bits per heavy atom. The van der Waals surface area contributed by atoms with E-state index < -0.39 is 24.0 Å². The summed E-state index contributed by atoms with van der Waals surface area (Å²) in [5.41, 5.74) is 12.9. The number of rotatable bonds is 13. The van der Waals surface area contributed by atoms with Crippen LogP contribution in [0.4, 0.5) is 0 Å². The van der Waals surface area contributed by atoms with Gasteiger partial charge in [-0.2, -0.15) is 0 Å². The first kappa shape index (κ1) is 23.0. The predicted molar refractivity (Wildman–Crippen MR) is 111 cm³/mol. The summed E-state index contributed by atoms with van der Waals surface area (Å²) in [5.74, 6) is -1.87. The zero-order valence-corrected chi connectivity index (χ0v) is 17.0. The Kier molecular flexibility index (Phi) is 9.28. The standard InChI is InChI=1S/C22H33N3O4/c23-12-6-2-5-11-19(26)21(24)18-14-17(15-20(27)28)22(29)25(18)13-7-10-16-8-3-1-4-9-16/h1,3-4,8-9,17-18,21H,2,5-7,10-15,23-24H2,(H,27,28)/t17-,18-,21?/m0/s1. The van der Waals surface area contributed by atoms with Crippen LogP contribution in [0.15, 0.2) is 30.3 Å². The number of nitrogens with two attached hydrogens (primary N) is 2. The van der Waals surface area contributed by atoms with Crippen LogP contribution >= 0.6 is 0 Å². The molecule has 5 N–H and O–H groups in total. The third kappa shape index (κ3) is 6.94. The van der Waals surface area contributed by atoms with Gasteiger partial charge in [0.15, 0.2) is 5.78 Å². The molecule has 160 valence electrons. The molecule has 1 saturated heterocycles. The molecule has 1 fully saturated rings. The fraction of sp³-hybridized carbons (Fsp3) is 0.591. The van der Waals surface area contributed by atoms with Gasteiger partial charge in [-0.25, -0.2) is 0 Å². The molecule has 29 heavy (non-hydrogen) atoms. The number of aliphatic carboxylic acids is 1. The normalized spacial score (nSPS) is 20.1. The Morgan fingerprint density at radius 2 is 1.86 bits per heavy atom. The van der Waals surface area contributed by atoms with Crippen molar-refractivity contribution in [1.29, 1.82) is 0 Å². The Hall–Kier alpha value is -2.25. The van der Waals surface area contributed by atoms with Gasteiger partial charge in [-0.3, -0.25) is 14.4 Å². The van der Waals surface area contributed by atoms with Gasteiger partial charge in [-0.15, -0.1) is 0 Å². The maximum atomic E-state index is 12.8. The number of unbranched alkanes of at least 4 members (excludes halogenated alkanes) is 2. The van der Waals surface area contributed by atoms with Crippen molar-refractivity contribution in [2.24, 2.45) is 17.4 Å². The van der Waals surface area contributed by atoms with Crippen LogP contribution in [-0.2, 0) is 20.8 Å². The second-order valence-corrected chi connectivity index (χ2v) is 7.81. The summed E-state index contributed by atoms with van der Waals surface area (Å²) in [4.78, 5) is 38.2. The number of carbonyl (C=O) groups excluding carboxylic acids is 2. The summed E-state index contributed by atoms with van der Waals surface area (Å²) in [6.07, 6.45) is 4.50. The molecule has 1 aromatic carbocycles. The Bertz CT molecular complexity index is 680. The van der Waals surface area contributed by atoms with Crippen molar-refractivity contribution in [1.82, 2.24) is 4.90 Å². The predicted octanol–water partition coefficient (Wildman–Crippen LogP) is 1.73. The molecule has 1 aliphatic heterocycles. The summed E-state index contributed by atoms with van der Waals surface area (Å²) in [7, 11) is 0. The minimum atomic E-state index is -1.00. The van der Waals surface area contributed by atoms with Crippen LogP contribution in [0.2, 0.25) is 0 Å². The van der Waals surface area contributed by atoms with Gasteiger partial charge in [0.25, 0.3) is 0 Å². The highest BCUT2D eigenvalue weighted by atomic mass is 16.4. The minimum Gasteiger partial charge on any atom is -0.481 e. The fourth-order valence-electron chi connectivity index (χ4n) is 4.02. The molecule has 0 aromatic heterocycles. The highest BCUT2D eigenvalue weighted by molar-refractivity contribution is 5.89. The third-order valence-electron chi connectivity index (χ3n) is 5.60. The minimum absolute atomic E-state index is 0.0659. The number of nitrogens with zero attached hydrogens (tertiary/aromatic N) is 1. The summed E-state index contributed by atoms with van der Waals surface area (Å²) >= 11 is 0. The van der Waals surface area contributed by atoms with Gasteiger partial charge < -0.3 is 21.5 Å². The molecule has 1 heterocycles. The SMILES string of the molecule is NCCCCCC(=O)C(N)[C@@H]1C[C@@H](CC(=O)O)C(=O)N1CCCc1ccccc1. The van der Waals surface area contributed by atoms with E-state index in [-0.39, 0.29) is 18.1 Å². The maximum Gasteiger partial charge on any atom is 0.304 e. The molecule has 7 nitrogen and oxygen atoms in total. The van der Waals surface area contributed by atoms with Gasteiger partial charge >= 0.3 is 5.97 Å². The molecule has 1 amide bonds. The number of carboxylic acids is 1. The van der Waals surface area contributed by atoms with E-state index >= 15 is 0 Å². The maximum absolute atomic E-state index is 12.8. The Labute approximate surface area is 172 Å². The average molecular weight is 404 g/mol. The number of amides is 1. The molecule has 1 aliphatic rings. The molecular formula is C22H33N3O4. The molecule has 0 radical (unpaired) electrons. The smallest absolute Gasteiger partial charge is 0.304 e. The summed E-state index contributed by atoms with van der Waals surface area (Å²) in [6, 6.07) is 8.78. The first-order valence-electron chi connectivity index (χ1n) is 10.5. The highest BCUT2D eigenvalue weighted by Gasteiger charge is 2.44. The molecule has 1 aromatic rings. The van der Waals surface area contributed by atoms with Crippen LogP contribution in [0.25, 0.3) is 0 Å². The van der Waals surface area contributed by atoms with E-state index in [4.69, 9.17) is 16.6 Å². The number of hydrogen-bond donors (Lipinski definition) is 3. The van der Waals surface area contributed by atoms with E-state index in [2.05, 4.69) is 0 Å². The lowest BCUT2D eigenvalue weighted by atomic mass is 9.94. The van der Waals surface area contributed by atoms with Crippen LogP contribution in [-0.4, -0.2) is 52.8 Å². The molecule has 7 heteroatoms. The topological polar surface area (TPSA) is 127 Å². The first-order chi connectivity index (χ1) is 13.9. The zero-order valence-electron chi connectivity index (χ0n) is 17.0. The van der Waals surface area contributed by atoms with E-state index in [1.165, 1.54) is 5.56 Å². The van der Waals surface area contributed by atoms with E-state index in [0.29, 0.717) is 25.9 Å². The second kappa shape index (κ2) is 11.7. The average Bonchev–Trinajstić information content (AvgIpc) is 3.00. The van der Waals surface area contributed by atoms with Gasteiger partial charge in [0.2, 0.25) is 5.91 Å². The highest BCUT2D eigenvalue weighted by Crippen LogP contribution is 2.30. The van der Waals surface area contributed by atoms with E-state index in [1.807, 2.05) is 30.3 Å². The van der Waals surface area contributed by atoms with E-state index in [1.54, 1.807) is 4.90 Å². The number of benzene rings is 1. The second-order valence-electron chi connectivity index (χ2n) is 7.81. The van der Waals surface area contributed by atoms with Gasteiger partial charge in [-0.05, 0) is 44.2 Å². The molecule has 0 spiro atoms. The number of hydrogen-bond acceptors (Lipinski definition) is 5. The van der Waals surface area contributed by atoms with E-state index in [0.717, 1.165) is 32.1 Å². The molecule has 0 bridgehead atoms. The number of ketones is 1. The third-order valence-corrected chi connectivity index (χ3v) is 5.60. The first-order valence-corrected chi connectivity index (χ1v) is 10.5. The number of carbonyl (C=O) groups is 3. The van der Waals surface area contributed by atoms with Gasteiger partial charge in [-0.1, -0.05) is 36.8 Å². The lowest BCUT2D eigenvalue weighted by Gasteiger charge is -2.29. The van der Waals surface area contributed by atoms with Crippen molar-refractivity contribution in [2.75, 3.05) is 13.1 Å². The van der Waals surface area contributed by atoms with Crippen LogP contribution in [0.1, 0.15) is 50.5 Å². The van der Waals surface area contributed by atoms with Crippen molar-refractivity contribution in [3.8, 4) is 0 Å². The molecular weight excluding hydrogens is 370 g/mol. The fourth-order valence-corrected chi connectivity index (χ4v) is 4.02. The lowest BCUT2D eigenvalue weighted by molar-refractivity contribution is -0.142. The quantitative estimate of drug-likeness (QED) is 0.431. The summed E-state index contributed by atoms with van der Waals surface area (Å²) in [5, 5.41) is 9.12. The van der Waals surface area contributed by atoms with Crippen LogP contribution in [0.3, 0.4) is 0 Å². The van der Waals surface area contributed by atoms with Crippen LogP contribution in [0, 0.1) is 5.92 Å². The molecule has 3 atom stereocenters. The van der Waals surface area contributed by atoms with Crippen molar-refractivity contribution in [3.63, 3.8) is 0 Å². The summed E-state index contributed by atoms with van der Waals surface area (Å²) < 4.78 is 0. The molecule has 0 aliphatic carbocycles. The molecule has 0 saturated carbocycles. The number of likely N-dealkylation sites (tertiary alicyclic amines) is 1. The van der Waals surface area contributed by atoms with Crippen LogP contribution in [0.5, 0.6) is 0 Å². The molecule has 2 rings (SSSR count). The largest absolute Gasteiger partial charge is 0.481 e. The van der Waals surface area contributed by atoms with Gasteiger partial charge in [0.1, 0.15) is 0 Å². The van der Waals surface area contributed by atoms with Crippen molar-refractivity contribution < 1.29 is 19.5 Å². The molecule has 1 unspecified atom stereocenters. The van der Waals surface area contributed by atoms with Crippen LogP contribution < -0.4 is 11.5 Å². The van der Waals surface area contributed by atoms with E-state index in [9.17, 15) is 14.4 Å².